The van der Waals surface area contributed by atoms with Gasteiger partial charge in [-0.05, 0) is 30.9 Å². The summed E-state index contributed by atoms with van der Waals surface area (Å²) in [7, 11) is 0. The summed E-state index contributed by atoms with van der Waals surface area (Å²) in [6, 6.07) is 5.05. The third-order valence-corrected chi connectivity index (χ3v) is 3.49. The fourth-order valence-corrected chi connectivity index (χ4v) is 2.23. The van der Waals surface area contributed by atoms with Crippen molar-refractivity contribution in [2.24, 2.45) is 5.92 Å². The zero-order valence-electron chi connectivity index (χ0n) is 12.2. The summed E-state index contributed by atoms with van der Waals surface area (Å²) in [6.45, 7) is 1.67. The van der Waals surface area contributed by atoms with Gasteiger partial charge in [0.15, 0.2) is 0 Å². The minimum atomic E-state index is -4.66. The number of carbonyl (C=O) groups is 1. The third-order valence-electron chi connectivity index (χ3n) is 3.49. The predicted octanol–water partition coefficient (Wildman–Crippen LogP) is 3.08. The van der Waals surface area contributed by atoms with E-state index in [1.807, 2.05) is 0 Å². The van der Waals surface area contributed by atoms with Gasteiger partial charge in [-0.3, -0.25) is 4.79 Å². The molecule has 1 heterocycles. The van der Waals surface area contributed by atoms with Gasteiger partial charge in [0.1, 0.15) is 5.75 Å². The van der Waals surface area contributed by atoms with Crippen LogP contribution in [0.3, 0.4) is 0 Å². The lowest BCUT2D eigenvalue weighted by Gasteiger charge is -2.19. The largest absolute Gasteiger partial charge is 0.461 e. The standard InChI is InChI=1S/C15H17F4NO3/c16-14(17)15(18,19)23-12-4-2-1-3-11(12)13(21)20-7-5-10-6-8-22-9-10/h1-4,10,14H,5-9H2,(H,20,21). The van der Waals surface area contributed by atoms with Crippen molar-refractivity contribution in [3.05, 3.63) is 29.8 Å². The lowest BCUT2D eigenvalue weighted by molar-refractivity contribution is -0.253. The maximum atomic E-state index is 13.0. The number of hydrogen-bond donors (Lipinski definition) is 1. The summed E-state index contributed by atoms with van der Waals surface area (Å²) in [6.07, 6.45) is -7.03. The van der Waals surface area contributed by atoms with E-state index < -0.39 is 24.2 Å². The van der Waals surface area contributed by atoms with Gasteiger partial charge in [-0.15, -0.1) is 0 Å². The Labute approximate surface area is 130 Å². The van der Waals surface area contributed by atoms with Gasteiger partial charge >= 0.3 is 12.5 Å². The number of para-hydroxylation sites is 1. The lowest BCUT2D eigenvalue weighted by atomic mass is 10.1. The zero-order valence-corrected chi connectivity index (χ0v) is 12.2. The smallest absolute Gasteiger partial charge is 0.427 e. The van der Waals surface area contributed by atoms with Crippen molar-refractivity contribution in [3.63, 3.8) is 0 Å². The normalized spacial score (nSPS) is 18.2. The first-order valence-corrected chi connectivity index (χ1v) is 7.20. The van der Waals surface area contributed by atoms with Crippen LogP contribution in [0, 0.1) is 5.92 Å². The van der Waals surface area contributed by atoms with Crippen molar-refractivity contribution in [3.8, 4) is 5.75 Å². The Bertz CT molecular complexity index is 533. The summed E-state index contributed by atoms with van der Waals surface area (Å²) in [5.74, 6) is -0.881. The Morgan fingerprint density at radius 3 is 2.78 bits per heavy atom. The van der Waals surface area contributed by atoms with Gasteiger partial charge in [-0.2, -0.15) is 17.6 Å². The van der Waals surface area contributed by atoms with E-state index in [1.165, 1.54) is 18.2 Å². The Balaban J connectivity index is 1.96. The molecule has 1 aliphatic heterocycles. The molecule has 1 aromatic carbocycles. The molecule has 0 bridgehead atoms. The number of halogens is 4. The fraction of sp³-hybridized carbons (Fsp3) is 0.533. The van der Waals surface area contributed by atoms with Crippen molar-refractivity contribution < 1.29 is 31.8 Å². The van der Waals surface area contributed by atoms with Crippen LogP contribution in [-0.2, 0) is 4.74 Å². The second-order valence-corrected chi connectivity index (χ2v) is 5.23. The molecule has 1 aromatic rings. The number of hydrogen-bond acceptors (Lipinski definition) is 3. The molecular formula is C15H17F4NO3. The van der Waals surface area contributed by atoms with E-state index in [0.29, 0.717) is 32.1 Å². The summed E-state index contributed by atoms with van der Waals surface area (Å²) >= 11 is 0. The topological polar surface area (TPSA) is 47.6 Å². The number of alkyl halides is 4. The van der Waals surface area contributed by atoms with Crippen LogP contribution in [0.1, 0.15) is 23.2 Å². The summed E-state index contributed by atoms with van der Waals surface area (Å²) < 4.78 is 59.7. The molecule has 0 aromatic heterocycles. The van der Waals surface area contributed by atoms with Crippen molar-refractivity contribution in [2.75, 3.05) is 19.8 Å². The van der Waals surface area contributed by atoms with E-state index in [4.69, 9.17) is 4.74 Å². The van der Waals surface area contributed by atoms with Crippen molar-refractivity contribution >= 4 is 5.91 Å². The summed E-state index contributed by atoms with van der Waals surface area (Å²) in [5.41, 5.74) is -0.213. The van der Waals surface area contributed by atoms with Gasteiger partial charge in [0, 0.05) is 19.8 Å². The van der Waals surface area contributed by atoms with E-state index >= 15 is 0 Å². The van der Waals surface area contributed by atoms with Gasteiger partial charge < -0.3 is 14.8 Å². The molecule has 23 heavy (non-hydrogen) atoms. The molecule has 0 saturated carbocycles. The summed E-state index contributed by atoms with van der Waals surface area (Å²) in [4.78, 5) is 12.0. The Morgan fingerprint density at radius 1 is 1.39 bits per heavy atom. The molecule has 0 aliphatic carbocycles. The minimum Gasteiger partial charge on any atom is -0.427 e. The van der Waals surface area contributed by atoms with Gasteiger partial charge in [0.05, 0.1) is 5.56 Å². The maximum absolute atomic E-state index is 13.0. The average molecular weight is 335 g/mol. The molecule has 1 aliphatic rings. The van der Waals surface area contributed by atoms with E-state index in [-0.39, 0.29) is 5.56 Å². The number of ether oxygens (including phenoxy) is 2. The molecule has 128 valence electrons. The molecule has 2 rings (SSSR count). The Kier molecular flexibility index (Phi) is 5.81. The van der Waals surface area contributed by atoms with Crippen LogP contribution < -0.4 is 10.1 Å². The Hall–Kier alpha value is -1.83. The van der Waals surface area contributed by atoms with Crippen LogP contribution in [0.25, 0.3) is 0 Å². The van der Waals surface area contributed by atoms with E-state index in [1.54, 1.807) is 0 Å². The third kappa shape index (κ3) is 4.82. The minimum absolute atomic E-state index is 0.213. The molecule has 8 heteroatoms. The highest BCUT2D eigenvalue weighted by atomic mass is 19.3. The van der Waals surface area contributed by atoms with E-state index in [9.17, 15) is 22.4 Å². The van der Waals surface area contributed by atoms with Crippen molar-refractivity contribution in [2.45, 2.75) is 25.4 Å². The fourth-order valence-electron chi connectivity index (χ4n) is 2.23. The van der Waals surface area contributed by atoms with Crippen LogP contribution in [0.15, 0.2) is 24.3 Å². The molecule has 4 nitrogen and oxygen atoms in total. The SMILES string of the molecule is O=C(NCCC1CCOC1)c1ccccc1OC(F)(F)C(F)F. The zero-order chi connectivity index (χ0) is 16.9. The molecule has 1 saturated heterocycles. The highest BCUT2D eigenvalue weighted by molar-refractivity contribution is 5.96. The second kappa shape index (κ2) is 7.63. The average Bonchev–Trinajstić information content (AvgIpc) is 3.00. The number of nitrogens with one attached hydrogen (secondary N) is 1. The number of benzene rings is 1. The molecular weight excluding hydrogens is 318 g/mol. The molecule has 1 atom stereocenters. The predicted molar refractivity (Wildman–Crippen MR) is 73.9 cm³/mol. The van der Waals surface area contributed by atoms with Crippen molar-refractivity contribution in [1.82, 2.24) is 5.32 Å². The van der Waals surface area contributed by atoms with Crippen LogP contribution >= 0.6 is 0 Å². The molecule has 1 N–H and O–H groups in total. The van der Waals surface area contributed by atoms with Crippen LogP contribution in [-0.4, -0.2) is 38.2 Å². The Morgan fingerprint density at radius 2 is 2.13 bits per heavy atom. The lowest BCUT2D eigenvalue weighted by Crippen LogP contribution is -2.34. The first-order valence-electron chi connectivity index (χ1n) is 7.20. The van der Waals surface area contributed by atoms with E-state index in [2.05, 4.69) is 10.1 Å². The first kappa shape index (κ1) is 17.5. The molecule has 1 fully saturated rings. The number of rotatable bonds is 7. The van der Waals surface area contributed by atoms with Crippen LogP contribution in [0.2, 0.25) is 0 Å². The highest BCUT2D eigenvalue weighted by Gasteiger charge is 2.44. The summed E-state index contributed by atoms with van der Waals surface area (Å²) in [5, 5.41) is 2.57. The molecule has 1 amide bonds. The molecule has 1 unspecified atom stereocenters. The first-order chi connectivity index (χ1) is 10.9. The molecule has 0 spiro atoms. The van der Waals surface area contributed by atoms with Crippen molar-refractivity contribution in [1.29, 1.82) is 0 Å². The van der Waals surface area contributed by atoms with Crippen LogP contribution in [0.4, 0.5) is 17.6 Å². The van der Waals surface area contributed by atoms with Gasteiger partial charge in [-0.1, -0.05) is 12.1 Å². The highest BCUT2D eigenvalue weighted by Crippen LogP contribution is 2.29. The second-order valence-electron chi connectivity index (χ2n) is 5.23. The van der Waals surface area contributed by atoms with Crippen LogP contribution in [0.5, 0.6) is 5.75 Å². The maximum Gasteiger partial charge on any atom is 0.461 e. The number of carbonyl (C=O) groups excluding carboxylic acids is 1. The quantitative estimate of drug-likeness (QED) is 0.779. The molecule has 0 radical (unpaired) electrons. The van der Waals surface area contributed by atoms with Gasteiger partial charge in [0.25, 0.3) is 5.91 Å². The monoisotopic (exact) mass is 335 g/mol. The van der Waals surface area contributed by atoms with Gasteiger partial charge in [0.2, 0.25) is 0 Å². The number of amides is 1. The van der Waals surface area contributed by atoms with Gasteiger partial charge in [-0.25, -0.2) is 0 Å². The van der Waals surface area contributed by atoms with E-state index in [0.717, 1.165) is 12.5 Å².